The number of nitrogens with zero attached hydrogens (tertiary/aromatic N) is 2. The Morgan fingerprint density at radius 2 is 1.40 bits per heavy atom. The number of hydrogen-bond donors (Lipinski definition) is 0. The van der Waals surface area contributed by atoms with Crippen molar-refractivity contribution in [1.29, 1.82) is 0 Å². The van der Waals surface area contributed by atoms with E-state index < -0.39 is 10.8 Å². The van der Waals surface area contributed by atoms with Gasteiger partial charge in [-0.25, -0.2) is 0 Å². The first-order chi connectivity index (χ1) is 19.8. The Kier molecular flexibility index (Phi) is 7.77. The zero-order valence-electron chi connectivity index (χ0n) is 25.4. The molecule has 5 rings (SSSR count). The van der Waals surface area contributed by atoms with Crippen molar-refractivity contribution in [3.8, 4) is 11.5 Å². The number of rotatable bonds is 8. The normalized spacial score (nSPS) is 19.9. The molecule has 0 N–H and O–H groups in total. The van der Waals surface area contributed by atoms with Gasteiger partial charge >= 0.3 is 0 Å². The number of non-ortho nitro benzene ring substituents is 1. The molecule has 1 heterocycles. The van der Waals surface area contributed by atoms with Crippen LogP contribution in [0.25, 0.3) is 0 Å². The number of benzene rings is 2. The minimum Gasteiger partial charge on any atom is -0.490 e. The van der Waals surface area contributed by atoms with Crippen molar-refractivity contribution in [2.75, 3.05) is 13.2 Å². The molecule has 3 aliphatic rings. The summed E-state index contributed by atoms with van der Waals surface area (Å²) < 4.78 is 12.1. The van der Waals surface area contributed by atoms with E-state index in [2.05, 4.69) is 39.5 Å². The Morgan fingerprint density at radius 3 is 1.90 bits per heavy atom. The van der Waals surface area contributed by atoms with Gasteiger partial charge in [-0.05, 0) is 72.9 Å². The molecule has 0 saturated carbocycles. The second-order valence-electron chi connectivity index (χ2n) is 13.1. The van der Waals surface area contributed by atoms with Gasteiger partial charge in [0.05, 0.1) is 11.5 Å². The van der Waals surface area contributed by atoms with Gasteiger partial charge in [-0.3, -0.25) is 19.7 Å². The summed E-state index contributed by atoms with van der Waals surface area (Å²) >= 11 is 0. The molecule has 1 aliphatic heterocycles. The van der Waals surface area contributed by atoms with Crippen LogP contribution in [0.15, 0.2) is 65.0 Å². The van der Waals surface area contributed by atoms with Gasteiger partial charge in [0.2, 0.25) is 0 Å². The summed E-state index contributed by atoms with van der Waals surface area (Å²) in [5.74, 6) is 0.815. The van der Waals surface area contributed by atoms with E-state index in [0.29, 0.717) is 37.5 Å². The molecule has 42 heavy (non-hydrogen) atoms. The Balaban J connectivity index is 1.58. The summed E-state index contributed by atoms with van der Waals surface area (Å²) in [6.07, 6.45) is 2.44. The van der Waals surface area contributed by atoms with E-state index in [-0.39, 0.29) is 34.7 Å². The number of nitro benzene ring substituents is 1. The average Bonchev–Trinajstić information content (AvgIpc) is 2.90. The summed E-state index contributed by atoms with van der Waals surface area (Å²) in [6, 6.07) is 11.9. The number of Topliss-reactive ketones (excluding diaryl/α,β-unsaturated/α-hetero) is 2. The quantitative estimate of drug-likeness (QED) is 0.242. The summed E-state index contributed by atoms with van der Waals surface area (Å²) in [5.41, 5.74) is 4.91. The van der Waals surface area contributed by atoms with Gasteiger partial charge in [-0.2, -0.15) is 0 Å². The van der Waals surface area contributed by atoms with Crippen molar-refractivity contribution >= 4 is 17.3 Å². The molecule has 0 atom stereocenters. The van der Waals surface area contributed by atoms with Gasteiger partial charge in [0.25, 0.3) is 5.69 Å². The second-order valence-corrected chi connectivity index (χ2v) is 13.1. The zero-order valence-corrected chi connectivity index (χ0v) is 25.4. The molecular weight excluding hydrogens is 532 g/mol. The Bertz CT molecular complexity index is 1440. The number of carbonyl (C=O) groups excluding carboxylic acids is 2. The zero-order chi connectivity index (χ0) is 30.4. The second kappa shape index (κ2) is 11.0. The highest BCUT2D eigenvalue weighted by Gasteiger charge is 2.48. The lowest BCUT2D eigenvalue weighted by molar-refractivity contribution is -0.384. The predicted molar refractivity (Wildman–Crippen MR) is 160 cm³/mol. The first-order valence-electron chi connectivity index (χ1n) is 14.8. The highest BCUT2D eigenvalue weighted by molar-refractivity contribution is 6.06. The first-order valence-corrected chi connectivity index (χ1v) is 14.8. The topological polar surface area (TPSA) is 99.0 Å². The predicted octanol–water partition coefficient (Wildman–Crippen LogP) is 7.28. The Hall–Kier alpha value is -3.94. The van der Waals surface area contributed by atoms with Crippen LogP contribution in [0.3, 0.4) is 0 Å². The van der Waals surface area contributed by atoms with Crippen LogP contribution >= 0.6 is 0 Å². The van der Waals surface area contributed by atoms with Crippen LogP contribution in [0.4, 0.5) is 5.69 Å². The standard InChI is InChI=1S/C34H40N2O6/c1-7-35-24-16-33(3,4)18-26(37)31(24)30(32-25(35)17-34(5,6)19-27(32)38)22-11-14-28(29(15-22)41-8-2)42-20-21-9-12-23(13-10-21)36(39)40/h9-15,30H,7-8,16-20H2,1-6H3. The van der Waals surface area contributed by atoms with Gasteiger partial charge < -0.3 is 14.4 Å². The molecule has 0 amide bonds. The summed E-state index contributed by atoms with van der Waals surface area (Å²) in [6.45, 7) is 13.9. The van der Waals surface area contributed by atoms with Gasteiger partial charge in [0.1, 0.15) is 6.61 Å². The van der Waals surface area contributed by atoms with E-state index in [1.54, 1.807) is 12.1 Å². The smallest absolute Gasteiger partial charge is 0.269 e. The summed E-state index contributed by atoms with van der Waals surface area (Å²) in [5, 5.41) is 11.0. The third-order valence-corrected chi connectivity index (χ3v) is 8.48. The van der Waals surface area contributed by atoms with Crippen molar-refractivity contribution in [3.63, 3.8) is 0 Å². The molecule has 8 heteroatoms. The average molecular weight is 573 g/mol. The Labute approximate surface area is 247 Å². The molecular formula is C34H40N2O6. The largest absolute Gasteiger partial charge is 0.490 e. The highest BCUT2D eigenvalue weighted by Crippen LogP contribution is 2.54. The van der Waals surface area contributed by atoms with E-state index in [1.807, 2.05) is 25.1 Å². The monoisotopic (exact) mass is 572 g/mol. The van der Waals surface area contributed by atoms with Gasteiger partial charge in [0.15, 0.2) is 23.1 Å². The molecule has 0 radical (unpaired) electrons. The third-order valence-electron chi connectivity index (χ3n) is 8.48. The SMILES string of the molecule is CCOc1cc(C2C3=C(CC(C)(C)CC3=O)N(CC)C3=C2C(=O)CC(C)(C)C3)ccc1OCc1ccc([N+](=O)[O-])cc1. The number of ether oxygens (including phenoxy) is 2. The molecule has 2 aromatic rings. The van der Waals surface area contributed by atoms with Crippen molar-refractivity contribution in [1.82, 2.24) is 4.90 Å². The minimum absolute atomic E-state index is 0.0240. The van der Waals surface area contributed by atoms with Gasteiger partial charge in [-0.1, -0.05) is 33.8 Å². The van der Waals surface area contributed by atoms with E-state index in [9.17, 15) is 19.7 Å². The van der Waals surface area contributed by atoms with Gasteiger partial charge in [0, 0.05) is 60.0 Å². The molecule has 0 saturated heterocycles. The van der Waals surface area contributed by atoms with Crippen molar-refractivity contribution in [2.45, 2.75) is 79.8 Å². The van der Waals surface area contributed by atoms with Crippen LogP contribution in [-0.2, 0) is 16.2 Å². The highest BCUT2D eigenvalue weighted by atomic mass is 16.6. The van der Waals surface area contributed by atoms with E-state index >= 15 is 0 Å². The molecule has 222 valence electrons. The van der Waals surface area contributed by atoms with Crippen LogP contribution < -0.4 is 9.47 Å². The molecule has 0 fully saturated rings. The van der Waals surface area contributed by atoms with Crippen LogP contribution in [0.2, 0.25) is 0 Å². The minimum atomic E-state index is -0.451. The molecule has 0 bridgehead atoms. The summed E-state index contributed by atoms with van der Waals surface area (Å²) in [4.78, 5) is 40.6. The maximum absolute atomic E-state index is 13.9. The molecule has 2 aliphatic carbocycles. The number of allylic oxidation sites excluding steroid dienone is 4. The molecule has 0 aromatic heterocycles. The van der Waals surface area contributed by atoms with Crippen LogP contribution in [0.1, 0.15) is 84.3 Å². The van der Waals surface area contributed by atoms with Gasteiger partial charge in [-0.15, -0.1) is 0 Å². The maximum atomic E-state index is 13.9. The van der Waals surface area contributed by atoms with Crippen LogP contribution in [-0.4, -0.2) is 34.5 Å². The van der Waals surface area contributed by atoms with Crippen LogP contribution in [0, 0.1) is 20.9 Å². The van der Waals surface area contributed by atoms with Crippen molar-refractivity contribution in [2.24, 2.45) is 10.8 Å². The van der Waals surface area contributed by atoms with Crippen molar-refractivity contribution in [3.05, 3.63) is 86.2 Å². The van der Waals surface area contributed by atoms with E-state index in [4.69, 9.17) is 9.47 Å². The maximum Gasteiger partial charge on any atom is 0.269 e. The number of hydrogen-bond acceptors (Lipinski definition) is 7. The lowest BCUT2D eigenvalue weighted by atomic mass is 9.63. The lowest BCUT2D eigenvalue weighted by Crippen LogP contribution is -2.44. The fourth-order valence-corrected chi connectivity index (χ4v) is 6.73. The lowest BCUT2D eigenvalue weighted by Gasteiger charge is -2.48. The fraction of sp³-hybridized carbons (Fsp3) is 0.471. The first kappa shape index (κ1) is 29.5. The number of ketones is 2. The fourth-order valence-electron chi connectivity index (χ4n) is 6.73. The third kappa shape index (κ3) is 5.59. The summed E-state index contributed by atoms with van der Waals surface area (Å²) in [7, 11) is 0. The molecule has 0 unspecified atom stereocenters. The van der Waals surface area contributed by atoms with E-state index in [1.165, 1.54) is 12.1 Å². The number of nitro groups is 1. The van der Waals surface area contributed by atoms with E-state index in [0.717, 1.165) is 46.5 Å². The van der Waals surface area contributed by atoms with Crippen LogP contribution in [0.5, 0.6) is 11.5 Å². The molecule has 2 aromatic carbocycles. The molecule has 8 nitrogen and oxygen atoms in total. The Morgan fingerprint density at radius 1 is 0.833 bits per heavy atom. The molecule has 0 spiro atoms. The number of carbonyl (C=O) groups is 2. The van der Waals surface area contributed by atoms with Crippen molar-refractivity contribution < 1.29 is 24.0 Å².